The van der Waals surface area contributed by atoms with Gasteiger partial charge in [0.25, 0.3) is 0 Å². The Balaban J connectivity index is 0.00000106. The van der Waals surface area contributed by atoms with E-state index in [4.69, 9.17) is 11.0 Å². The molecule has 0 atom stereocenters. The molecule has 0 bridgehead atoms. The Morgan fingerprint density at radius 3 is 2.75 bits per heavy atom. The first-order chi connectivity index (χ1) is 7.76. The molecule has 0 amide bonds. The fraction of sp³-hybridized carbons (Fsp3) is 0.333. The fourth-order valence-corrected chi connectivity index (χ4v) is 1.07. The van der Waals surface area contributed by atoms with Gasteiger partial charge in [-0.1, -0.05) is 32.9 Å². The Bertz CT molecular complexity index is 377. The molecule has 16 heavy (non-hydrogen) atoms. The van der Waals surface area contributed by atoms with E-state index in [-0.39, 0.29) is 5.96 Å². The molecule has 0 heterocycles. The molecular formula is C12H18N4. The number of aryl methyl sites for hydroxylation is 1. The van der Waals surface area contributed by atoms with Crippen LogP contribution in [0.25, 0.3) is 0 Å². The smallest absolute Gasteiger partial charge is 0.207 e. The molecule has 86 valence electrons. The fourth-order valence-electron chi connectivity index (χ4n) is 1.07. The summed E-state index contributed by atoms with van der Waals surface area (Å²) in [5.74, 6) is 0.112. The standard InChI is InChI=1S/C10H12N4.C2H6/c1-2-8-4-3-5-9(6-8)14-10(12)13-7-11;1-2/h3-6H,2H2,1H3,(H3,12,13,14);1-2H3. The molecule has 0 fully saturated rings. The molecule has 0 unspecified atom stereocenters. The van der Waals surface area contributed by atoms with Gasteiger partial charge in [0.15, 0.2) is 6.19 Å². The zero-order chi connectivity index (χ0) is 12.4. The SMILES string of the molecule is CC.CCc1cccc(N=C(N)NC#N)c1. The van der Waals surface area contributed by atoms with Crippen LogP contribution in [0.4, 0.5) is 5.69 Å². The second kappa shape index (κ2) is 8.30. The van der Waals surface area contributed by atoms with Gasteiger partial charge in [-0.25, -0.2) is 4.99 Å². The van der Waals surface area contributed by atoms with Crippen LogP contribution in [0.3, 0.4) is 0 Å². The highest BCUT2D eigenvalue weighted by Crippen LogP contribution is 2.13. The van der Waals surface area contributed by atoms with Crippen LogP contribution < -0.4 is 11.1 Å². The molecule has 0 saturated carbocycles. The third-order valence-corrected chi connectivity index (χ3v) is 1.75. The lowest BCUT2D eigenvalue weighted by atomic mass is 10.1. The highest BCUT2D eigenvalue weighted by atomic mass is 15.1. The van der Waals surface area contributed by atoms with Gasteiger partial charge in [0.2, 0.25) is 5.96 Å². The summed E-state index contributed by atoms with van der Waals surface area (Å²) in [6, 6.07) is 7.71. The summed E-state index contributed by atoms with van der Waals surface area (Å²) in [4.78, 5) is 4.02. The molecule has 0 radical (unpaired) electrons. The van der Waals surface area contributed by atoms with Crippen molar-refractivity contribution in [1.82, 2.24) is 5.32 Å². The summed E-state index contributed by atoms with van der Waals surface area (Å²) in [6.45, 7) is 6.07. The Kier molecular flexibility index (Phi) is 7.25. The van der Waals surface area contributed by atoms with Gasteiger partial charge in [-0.15, -0.1) is 0 Å². The maximum atomic E-state index is 8.29. The van der Waals surface area contributed by atoms with Crippen molar-refractivity contribution in [3.05, 3.63) is 29.8 Å². The first-order valence-electron chi connectivity index (χ1n) is 5.34. The molecule has 0 aliphatic carbocycles. The molecule has 0 saturated heterocycles. The number of nitriles is 1. The molecule has 0 spiro atoms. The lowest BCUT2D eigenvalue weighted by Gasteiger charge is -1.99. The first-order valence-corrected chi connectivity index (χ1v) is 5.34. The Labute approximate surface area is 96.8 Å². The first kappa shape index (κ1) is 14.0. The maximum absolute atomic E-state index is 8.29. The van der Waals surface area contributed by atoms with Gasteiger partial charge in [0.1, 0.15) is 0 Å². The number of guanidine groups is 1. The minimum atomic E-state index is 0.112. The summed E-state index contributed by atoms with van der Waals surface area (Å²) >= 11 is 0. The van der Waals surface area contributed by atoms with Crippen molar-refractivity contribution < 1.29 is 0 Å². The second-order valence-electron chi connectivity index (χ2n) is 2.76. The average molecular weight is 218 g/mol. The van der Waals surface area contributed by atoms with Gasteiger partial charge in [-0.2, -0.15) is 5.26 Å². The zero-order valence-corrected chi connectivity index (χ0v) is 9.99. The number of aliphatic imine (C=N–C) groups is 1. The summed E-state index contributed by atoms with van der Waals surface area (Å²) in [7, 11) is 0. The molecule has 0 aliphatic heterocycles. The van der Waals surface area contributed by atoms with Gasteiger partial charge in [-0.05, 0) is 24.1 Å². The molecule has 3 N–H and O–H groups in total. The van der Waals surface area contributed by atoms with Crippen molar-refractivity contribution >= 4 is 11.6 Å². The van der Waals surface area contributed by atoms with Crippen molar-refractivity contribution in [3.63, 3.8) is 0 Å². The van der Waals surface area contributed by atoms with E-state index < -0.39 is 0 Å². The Hall–Kier alpha value is -2.02. The number of nitrogens with zero attached hydrogens (tertiary/aromatic N) is 2. The molecule has 4 heteroatoms. The quantitative estimate of drug-likeness (QED) is 0.346. The summed E-state index contributed by atoms with van der Waals surface area (Å²) < 4.78 is 0. The van der Waals surface area contributed by atoms with Crippen LogP contribution in [-0.2, 0) is 6.42 Å². The van der Waals surface area contributed by atoms with E-state index in [1.165, 1.54) is 5.56 Å². The van der Waals surface area contributed by atoms with Crippen molar-refractivity contribution in [1.29, 1.82) is 5.26 Å². The number of nitrogens with two attached hydrogens (primary N) is 1. The predicted molar refractivity (Wildman–Crippen MR) is 67.2 cm³/mol. The van der Waals surface area contributed by atoms with Crippen LogP contribution in [0.1, 0.15) is 26.3 Å². The van der Waals surface area contributed by atoms with E-state index in [9.17, 15) is 0 Å². The van der Waals surface area contributed by atoms with E-state index in [0.29, 0.717) is 0 Å². The van der Waals surface area contributed by atoms with Crippen LogP contribution in [-0.4, -0.2) is 5.96 Å². The van der Waals surface area contributed by atoms with Gasteiger partial charge in [-0.3, -0.25) is 5.32 Å². The predicted octanol–water partition coefficient (Wildman–Crippen LogP) is 2.29. The molecule has 0 aromatic heterocycles. The van der Waals surface area contributed by atoms with E-state index in [1.807, 2.05) is 38.1 Å². The topological polar surface area (TPSA) is 74.2 Å². The second-order valence-corrected chi connectivity index (χ2v) is 2.76. The van der Waals surface area contributed by atoms with E-state index >= 15 is 0 Å². The summed E-state index contributed by atoms with van der Waals surface area (Å²) in [6.07, 6.45) is 2.66. The molecule has 0 aliphatic rings. The number of rotatable bonds is 2. The third-order valence-electron chi connectivity index (χ3n) is 1.75. The van der Waals surface area contributed by atoms with Crippen molar-refractivity contribution in [2.75, 3.05) is 0 Å². The molecule has 1 rings (SSSR count). The van der Waals surface area contributed by atoms with Crippen LogP contribution in [0, 0.1) is 11.5 Å². The lowest BCUT2D eigenvalue weighted by Crippen LogP contribution is -2.26. The molecule has 4 nitrogen and oxygen atoms in total. The van der Waals surface area contributed by atoms with Gasteiger partial charge in [0, 0.05) is 0 Å². The number of nitrogens with one attached hydrogen (secondary N) is 1. The van der Waals surface area contributed by atoms with Gasteiger partial charge >= 0.3 is 0 Å². The van der Waals surface area contributed by atoms with Crippen LogP contribution in [0.2, 0.25) is 0 Å². The normalized spacial score (nSPS) is 9.75. The van der Waals surface area contributed by atoms with Crippen molar-refractivity contribution in [2.24, 2.45) is 10.7 Å². The Morgan fingerprint density at radius 1 is 1.50 bits per heavy atom. The summed E-state index contributed by atoms with van der Waals surface area (Å²) in [5, 5.41) is 10.6. The van der Waals surface area contributed by atoms with Crippen molar-refractivity contribution in [3.8, 4) is 6.19 Å². The number of benzene rings is 1. The highest BCUT2D eigenvalue weighted by Gasteiger charge is 1.93. The molecular weight excluding hydrogens is 200 g/mol. The monoisotopic (exact) mass is 218 g/mol. The van der Waals surface area contributed by atoms with Gasteiger partial charge in [0.05, 0.1) is 5.69 Å². The Morgan fingerprint density at radius 2 is 2.19 bits per heavy atom. The third kappa shape index (κ3) is 5.01. The van der Waals surface area contributed by atoms with E-state index in [1.54, 1.807) is 6.19 Å². The van der Waals surface area contributed by atoms with Crippen LogP contribution >= 0.6 is 0 Å². The van der Waals surface area contributed by atoms with Crippen LogP contribution in [0.5, 0.6) is 0 Å². The minimum Gasteiger partial charge on any atom is -0.369 e. The highest BCUT2D eigenvalue weighted by molar-refractivity contribution is 5.82. The molecule has 1 aromatic carbocycles. The largest absolute Gasteiger partial charge is 0.369 e. The van der Waals surface area contributed by atoms with Crippen molar-refractivity contribution in [2.45, 2.75) is 27.2 Å². The average Bonchev–Trinajstić information content (AvgIpc) is 2.32. The molecule has 1 aromatic rings. The number of hydrogen-bond donors (Lipinski definition) is 2. The van der Waals surface area contributed by atoms with E-state index in [0.717, 1.165) is 12.1 Å². The lowest BCUT2D eigenvalue weighted by molar-refractivity contribution is 1.14. The van der Waals surface area contributed by atoms with E-state index in [2.05, 4.69) is 17.2 Å². The van der Waals surface area contributed by atoms with Crippen LogP contribution in [0.15, 0.2) is 29.3 Å². The maximum Gasteiger partial charge on any atom is 0.207 e. The zero-order valence-electron chi connectivity index (χ0n) is 9.99. The summed E-state index contributed by atoms with van der Waals surface area (Å²) in [5.41, 5.74) is 7.37. The number of hydrogen-bond acceptors (Lipinski definition) is 2. The minimum absolute atomic E-state index is 0.112. The van der Waals surface area contributed by atoms with Gasteiger partial charge < -0.3 is 5.73 Å².